The summed E-state index contributed by atoms with van der Waals surface area (Å²) in [6.07, 6.45) is 30.3. The van der Waals surface area contributed by atoms with E-state index in [2.05, 4.69) is 89.8 Å². The first-order valence-corrected chi connectivity index (χ1v) is 19.9. The fourth-order valence-corrected chi connectivity index (χ4v) is 6.55. The number of benzene rings is 2. The zero-order valence-electron chi connectivity index (χ0n) is 31.6. The number of hydrogen-bond acceptors (Lipinski definition) is 2. The minimum atomic E-state index is 0.788. The second-order valence-electron chi connectivity index (χ2n) is 13.5. The maximum atomic E-state index is 5.05. The van der Waals surface area contributed by atoms with Gasteiger partial charge in [0.25, 0.3) is 0 Å². The predicted molar refractivity (Wildman–Crippen MR) is 211 cm³/mol. The van der Waals surface area contributed by atoms with Gasteiger partial charge in [0.05, 0.1) is 17.1 Å². The van der Waals surface area contributed by atoms with Crippen molar-refractivity contribution in [2.75, 3.05) is 0 Å². The van der Waals surface area contributed by atoms with Crippen LogP contribution in [0.4, 0.5) is 11.4 Å². The highest BCUT2D eigenvalue weighted by Crippen LogP contribution is 2.23. The van der Waals surface area contributed by atoms with E-state index >= 15 is 0 Å². The van der Waals surface area contributed by atoms with Crippen molar-refractivity contribution in [1.29, 1.82) is 0 Å². The molecule has 0 radical (unpaired) electrons. The van der Waals surface area contributed by atoms with E-state index in [1.807, 2.05) is 0 Å². The molecule has 2 nitrogen and oxygen atoms in total. The van der Waals surface area contributed by atoms with Gasteiger partial charge in [-0.15, -0.1) is 0 Å². The number of aliphatic imine (C=N–C) groups is 2. The lowest BCUT2D eigenvalue weighted by atomic mass is 10.0. The highest BCUT2D eigenvalue weighted by molar-refractivity contribution is 6.48. The van der Waals surface area contributed by atoms with Gasteiger partial charge >= 0.3 is 0 Å². The smallest absolute Gasteiger partial charge is 0.135 e. The van der Waals surface area contributed by atoms with Crippen molar-refractivity contribution in [3.63, 3.8) is 0 Å². The number of nitrogens with zero attached hydrogens (tertiary/aromatic N) is 2. The maximum Gasteiger partial charge on any atom is 0.135 e. The summed E-state index contributed by atoms with van der Waals surface area (Å²) in [5, 5.41) is 0. The van der Waals surface area contributed by atoms with Gasteiger partial charge in [-0.05, 0) is 91.5 Å². The molecule has 0 saturated carbocycles. The number of rotatable bonds is 25. The third-order valence-corrected chi connectivity index (χ3v) is 9.65. The van der Waals surface area contributed by atoms with Crippen LogP contribution in [0.3, 0.4) is 0 Å². The van der Waals surface area contributed by atoms with Crippen molar-refractivity contribution >= 4 is 22.8 Å². The quantitative estimate of drug-likeness (QED) is 0.0587. The molecule has 0 aliphatic heterocycles. The first kappa shape index (κ1) is 40.5. The van der Waals surface area contributed by atoms with Crippen LogP contribution in [-0.2, 0) is 25.7 Å². The fourth-order valence-electron chi connectivity index (χ4n) is 6.55. The lowest BCUT2D eigenvalue weighted by Crippen LogP contribution is -2.07. The van der Waals surface area contributed by atoms with Crippen LogP contribution in [-0.4, -0.2) is 11.4 Å². The molecule has 0 saturated heterocycles. The molecule has 2 aromatic carbocycles. The van der Waals surface area contributed by atoms with Gasteiger partial charge in [-0.25, -0.2) is 4.99 Å². The third-order valence-electron chi connectivity index (χ3n) is 9.65. The van der Waals surface area contributed by atoms with E-state index < -0.39 is 0 Å². The third kappa shape index (κ3) is 17.3. The van der Waals surface area contributed by atoms with Crippen molar-refractivity contribution in [2.45, 2.75) is 189 Å². The normalized spacial score (nSPS) is 12.0. The van der Waals surface area contributed by atoms with E-state index in [4.69, 9.17) is 9.98 Å². The summed E-state index contributed by atoms with van der Waals surface area (Å²) in [6.45, 7) is 13.2. The molecule has 0 unspecified atom stereocenters. The first-order chi connectivity index (χ1) is 23.1. The largest absolute Gasteiger partial charge is 0.251 e. The van der Waals surface area contributed by atoms with E-state index in [0.29, 0.717) is 0 Å². The van der Waals surface area contributed by atoms with Gasteiger partial charge in [0, 0.05) is 6.42 Å². The summed E-state index contributed by atoms with van der Waals surface area (Å²) >= 11 is 0. The highest BCUT2D eigenvalue weighted by atomic mass is 14.8. The molecule has 2 rings (SSSR count). The van der Waals surface area contributed by atoms with Gasteiger partial charge < -0.3 is 0 Å². The van der Waals surface area contributed by atoms with Crippen LogP contribution in [0, 0.1) is 11.8 Å². The van der Waals surface area contributed by atoms with Gasteiger partial charge in [-0.3, -0.25) is 4.99 Å². The molecule has 0 atom stereocenters. The zero-order chi connectivity index (χ0) is 34.0. The summed E-state index contributed by atoms with van der Waals surface area (Å²) in [5.41, 5.74) is 9.20. The Balaban J connectivity index is 1.79. The van der Waals surface area contributed by atoms with Crippen LogP contribution in [0.2, 0.25) is 0 Å². The molecule has 260 valence electrons. The van der Waals surface area contributed by atoms with Gasteiger partial charge in [-0.2, -0.15) is 0 Å². The van der Waals surface area contributed by atoms with Crippen molar-refractivity contribution in [2.24, 2.45) is 9.98 Å². The Kier molecular flexibility index (Phi) is 22.7. The van der Waals surface area contributed by atoms with Crippen molar-refractivity contribution in [1.82, 2.24) is 0 Å². The Bertz CT molecular complexity index is 1240. The lowest BCUT2D eigenvalue weighted by molar-refractivity contribution is 0.525. The second kappa shape index (κ2) is 26.3. The lowest BCUT2D eigenvalue weighted by Gasteiger charge is -2.08. The standard InChI is InChI=1S/C45H70N2/c1-7-12-13-14-15-16-17-18-19-20-21-22-23-24-25-26-27-28-29-30-31-45(47-44-35-33-40(9-3)42(11-5)37-44)38(6)46-43-34-32-39(8-2)41(10-4)36-43/h32-37H,7-29H2,1-6H3. The molecule has 2 heteroatoms. The van der Waals surface area contributed by atoms with Crippen LogP contribution in [0.5, 0.6) is 0 Å². The molecular weight excluding hydrogens is 569 g/mol. The van der Waals surface area contributed by atoms with Crippen molar-refractivity contribution in [3.05, 3.63) is 58.7 Å². The summed E-state index contributed by atoms with van der Waals surface area (Å²) in [6, 6.07) is 13.2. The first-order valence-electron chi connectivity index (χ1n) is 19.9. The number of aryl methyl sites for hydroxylation is 4. The number of unbranched alkanes of at least 4 members (excludes halogenated alkanes) is 18. The summed E-state index contributed by atoms with van der Waals surface area (Å²) in [4.78, 5) is 10.0. The SMILES string of the molecule is CCCCCCCCCCCCCCCCCCCCC#CC(=Nc1ccc(CC)c(CC)c1)C(C)=Nc1ccc(CC)c(CC)c1. The van der Waals surface area contributed by atoms with E-state index in [1.165, 1.54) is 138 Å². The molecule has 0 bridgehead atoms. The average molecular weight is 639 g/mol. The molecular formula is C45H70N2. The van der Waals surface area contributed by atoms with Crippen LogP contribution < -0.4 is 0 Å². The Morgan fingerprint density at radius 3 is 1.26 bits per heavy atom. The Labute approximate surface area is 291 Å². The molecule has 0 amide bonds. The molecule has 0 aliphatic rings. The van der Waals surface area contributed by atoms with Crippen LogP contribution in [0.15, 0.2) is 46.4 Å². The van der Waals surface area contributed by atoms with Crippen LogP contribution >= 0.6 is 0 Å². The Hall–Kier alpha value is -2.66. The second-order valence-corrected chi connectivity index (χ2v) is 13.5. The molecule has 2 aromatic rings. The number of hydrogen-bond donors (Lipinski definition) is 0. The molecule has 0 spiro atoms. The minimum Gasteiger partial charge on any atom is -0.251 e. The monoisotopic (exact) mass is 639 g/mol. The summed E-state index contributed by atoms with van der Waals surface area (Å²) < 4.78 is 0. The fraction of sp³-hybridized carbons (Fsp3) is 0.644. The van der Waals surface area contributed by atoms with Crippen molar-refractivity contribution < 1.29 is 0 Å². The molecule has 0 fully saturated rings. The maximum absolute atomic E-state index is 5.05. The molecule has 0 N–H and O–H groups in total. The molecule has 0 aliphatic carbocycles. The van der Waals surface area contributed by atoms with E-state index in [-0.39, 0.29) is 0 Å². The molecule has 0 aromatic heterocycles. The van der Waals surface area contributed by atoms with E-state index in [0.717, 1.165) is 54.9 Å². The van der Waals surface area contributed by atoms with Gasteiger partial charge in [-0.1, -0.05) is 162 Å². The molecule has 47 heavy (non-hydrogen) atoms. The van der Waals surface area contributed by atoms with Crippen LogP contribution in [0.25, 0.3) is 0 Å². The Morgan fingerprint density at radius 1 is 0.468 bits per heavy atom. The molecule has 0 heterocycles. The van der Waals surface area contributed by atoms with Crippen molar-refractivity contribution in [3.8, 4) is 11.8 Å². The van der Waals surface area contributed by atoms with Gasteiger partial charge in [0.2, 0.25) is 0 Å². The average Bonchev–Trinajstić information content (AvgIpc) is 3.09. The minimum absolute atomic E-state index is 0.788. The summed E-state index contributed by atoms with van der Waals surface area (Å²) in [5.74, 6) is 6.89. The van der Waals surface area contributed by atoms with E-state index in [9.17, 15) is 0 Å². The zero-order valence-corrected chi connectivity index (χ0v) is 31.6. The topological polar surface area (TPSA) is 24.7 Å². The van der Waals surface area contributed by atoms with Gasteiger partial charge in [0.1, 0.15) is 5.71 Å². The Morgan fingerprint density at radius 2 is 0.851 bits per heavy atom. The van der Waals surface area contributed by atoms with E-state index in [1.54, 1.807) is 0 Å². The van der Waals surface area contributed by atoms with Gasteiger partial charge in [0.15, 0.2) is 0 Å². The highest BCUT2D eigenvalue weighted by Gasteiger charge is 2.07. The van der Waals surface area contributed by atoms with Crippen LogP contribution in [0.1, 0.15) is 186 Å². The summed E-state index contributed by atoms with van der Waals surface area (Å²) in [7, 11) is 0. The predicted octanol–water partition coefficient (Wildman–Crippen LogP) is 14.2.